The van der Waals surface area contributed by atoms with Gasteiger partial charge in [-0.25, -0.2) is 13.1 Å². The Labute approximate surface area is 112 Å². The van der Waals surface area contributed by atoms with Gasteiger partial charge in [-0.1, -0.05) is 0 Å². The number of sulfone groups is 1. The predicted molar refractivity (Wildman–Crippen MR) is 71.7 cm³/mol. The normalized spacial score (nSPS) is 12.1. The topological polar surface area (TPSA) is 108 Å². The number of hydrogen-bond donors (Lipinski definition) is 2. The highest BCUT2D eigenvalue weighted by Gasteiger charge is 2.24. The summed E-state index contributed by atoms with van der Waals surface area (Å²) in [6, 6.07) is 0. The Balaban J connectivity index is 3.07. The molecule has 0 radical (unpaired) electrons. The number of anilines is 2. The van der Waals surface area contributed by atoms with Gasteiger partial charge in [0.15, 0.2) is 26.8 Å². The molecule has 9 heteroatoms. The molecule has 0 unspecified atom stereocenters. The average Bonchev–Trinajstić information content (AvgIpc) is 2.66. The molecule has 0 aliphatic rings. The van der Waals surface area contributed by atoms with E-state index >= 15 is 0 Å². The molecule has 19 heavy (non-hydrogen) atoms. The van der Waals surface area contributed by atoms with Crippen molar-refractivity contribution in [1.82, 2.24) is 9.78 Å². The molecule has 1 rings (SSSR count). The summed E-state index contributed by atoms with van der Waals surface area (Å²) in [5.41, 5.74) is 5.79. The van der Waals surface area contributed by atoms with Crippen molar-refractivity contribution in [3.63, 3.8) is 0 Å². The minimum Gasteiger partial charge on any atom is -0.383 e. The van der Waals surface area contributed by atoms with Gasteiger partial charge in [0.05, 0.1) is 6.54 Å². The molecule has 0 atom stereocenters. The van der Waals surface area contributed by atoms with Crippen molar-refractivity contribution in [3.8, 4) is 0 Å². The Kier molecular flexibility index (Phi) is 5.15. The summed E-state index contributed by atoms with van der Waals surface area (Å²) >= 11 is 0. The fourth-order valence-corrected chi connectivity index (χ4v) is 2.57. The van der Waals surface area contributed by atoms with E-state index in [0.29, 0.717) is 6.54 Å². The van der Waals surface area contributed by atoms with Crippen LogP contribution in [0, 0.1) is 0 Å². The van der Waals surface area contributed by atoms with Crippen LogP contribution in [0.25, 0.3) is 0 Å². The number of nitrogen functional groups attached to an aromatic ring is 1. The Morgan fingerprint density at radius 3 is 2.42 bits per heavy atom. The van der Waals surface area contributed by atoms with Crippen LogP contribution in [0.4, 0.5) is 11.6 Å². The van der Waals surface area contributed by atoms with Crippen LogP contribution in [0.1, 0.15) is 6.92 Å². The number of nitrogens with two attached hydrogens (primary N) is 1. The van der Waals surface area contributed by atoms with Crippen LogP contribution in [-0.4, -0.2) is 51.5 Å². The van der Waals surface area contributed by atoms with Crippen LogP contribution in [0.15, 0.2) is 4.90 Å². The highest BCUT2D eigenvalue weighted by Crippen LogP contribution is 2.27. The molecule has 0 amide bonds. The van der Waals surface area contributed by atoms with Gasteiger partial charge in [-0.2, -0.15) is 5.10 Å². The van der Waals surface area contributed by atoms with Gasteiger partial charge in [-0.3, -0.25) is 0 Å². The van der Waals surface area contributed by atoms with Crippen LogP contribution >= 0.6 is 0 Å². The molecule has 0 aliphatic carbocycles. The van der Waals surface area contributed by atoms with Crippen LogP contribution < -0.4 is 11.1 Å². The number of nitrogens with one attached hydrogen (secondary N) is 1. The summed E-state index contributed by atoms with van der Waals surface area (Å²) in [5.74, 6) is 0.333. The maximum Gasteiger partial charge on any atom is 0.182 e. The molecular weight excluding hydrogens is 272 g/mol. The lowest BCUT2D eigenvalue weighted by atomic mass is 10.5. The Morgan fingerprint density at radius 2 is 2.00 bits per heavy atom. The molecule has 1 aromatic rings. The maximum atomic E-state index is 11.8. The van der Waals surface area contributed by atoms with Crippen LogP contribution in [0.5, 0.6) is 0 Å². The molecule has 110 valence electrons. The van der Waals surface area contributed by atoms with E-state index in [1.54, 1.807) is 0 Å². The van der Waals surface area contributed by atoms with E-state index in [1.807, 2.05) is 6.92 Å². The summed E-state index contributed by atoms with van der Waals surface area (Å²) in [5, 5.41) is 7.00. The molecule has 0 saturated heterocycles. The van der Waals surface area contributed by atoms with E-state index in [2.05, 4.69) is 10.4 Å². The molecule has 8 nitrogen and oxygen atoms in total. The largest absolute Gasteiger partial charge is 0.383 e. The van der Waals surface area contributed by atoms with Crippen molar-refractivity contribution in [2.45, 2.75) is 24.7 Å². The first-order chi connectivity index (χ1) is 8.85. The van der Waals surface area contributed by atoms with Gasteiger partial charge in [0.25, 0.3) is 0 Å². The van der Waals surface area contributed by atoms with Gasteiger partial charge >= 0.3 is 0 Å². The predicted octanol–water partition coefficient (Wildman–Crippen LogP) is -0.0805. The quantitative estimate of drug-likeness (QED) is 0.676. The number of ether oxygens (including phenoxy) is 2. The van der Waals surface area contributed by atoms with Gasteiger partial charge in [0.2, 0.25) is 0 Å². The summed E-state index contributed by atoms with van der Waals surface area (Å²) in [7, 11) is -0.482. The number of rotatable bonds is 7. The van der Waals surface area contributed by atoms with Crippen molar-refractivity contribution in [2.75, 3.05) is 38.1 Å². The molecule has 3 N–H and O–H groups in total. The molecule has 0 spiro atoms. The lowest BCUT2D eigenvalue weighted by Crippen LogP contribution is -2.24. The Bertz CT molecular complexity index is 522. The van der Waals surface area contributed by atoms with Crippen LogP contribution in [0.3, 0.4) is 0 Å². The standard InChI is InChI=1S/C10H20N4O4S/c1-5-14-9(11)8(19(4,15)16)10(13-14)12-6-7(17-2)18-3/h7H,5-6,11H2,1-4H3,(H,12,13). The van der Waals surface area contributed by atoms with Crippen molar-refractivity contribution in [1.29, 1.82) is 0 Å². The molecular formula is C10H20N4O4S. The van der Waals surface area contributed by atoms with E-state index in [9.17, 15) is 8.42 Å². The zero-order chi connectivity index (χ0) is 14.6. The summed E-state index contributed by atoms with van der Waals surface area (Å²) < 4.78 is 34.9. The van der Waals surface area contributed by atoms with Crippen molar-refractivity contribution in [3.05, 3.63) is 0 Å². The van der Waals surface area contributed by atoms with E-state index in [-0.39, 0.29) is 23.1 Å². The Morgan fingerprint density at radius 1 is 1.42 bits per heavy atom. The third-order valence-corrected chi connectivity index (χ3v) is 3.72. The number of methoxy groups -OCH3 is 2. The average molecular weight is 292 g/mol. The molecule has 0 aromatic carbocycles. The third-order valence-electron chi connectivity index (χ3n) is 2.58. The monoisotopic (exact) mass is 292 g/mol. The first-order valence-electron chi connectivity index (χ1n) is 5.70. The second-order valence-corrected chi connectivity index (χ2v) is 5.89. The second kappa shape index (κ2) is 6.22. The molecule has 0 fully saturated rings. The molecule has 0 saturated carbocycles. The second-order valence-electron chi connectivity index (χ2n) is 3.93. The van der Waals surface area contributed by atoms with Gasteiger partial charge < -0.3 is 20.5 Å². The molecule has 1 heterocycles. The number of hydrogen-bond acceptors (Lipinski definition) is 7. The maximum absolute atomic E-state index is 11.8. The molecule has 0 aliphatic heterocycles. The Hall–Kier alpha value is -1.32. The summed E-state index contributed by atoms with van der Waals surface area (Å²) in [4.78, 5) is 0.000283. The molecule has 1 aromatic heterocycles. The van der Waals surface area contributed by atoms with E-state index in [1.165, 1.54) is 18.9 Å². The van der Waals surface area contributed by atoms with Crippen molar-refractivity contribution >= 4 is 21.5 Å². The third kappa shape index (κ3) is 3.58. The zero-order valence-electron chi connectivity index (χ0n) is 11.5. The highest BCUT2D eigenvalue weighted by molar-refractivity contribution is 7.91. The zero-order valence-corrected chi connectivity index (χ0v) is 12.3. The summed E-state index contributed by atoms with van der Waals surface area (Å²) in [6.45, 7) is 2.57. The lowest BCUT2D eigenvalue weighted by Gasteiger charge is -2.14. The van der Waals surface area contributed by atoms with Gasteiger partial charge in [-0.15, -0.1) is 0 Å². The minimum atomic E-state index is -3.47. The smallest absolute Gasteiger partial charge is 0.182 e. The lowest BCUT2D eigenvalue weighted by molar-refractivity contribution is -0.0914. The van der Waals surface area contributed by atoms with E-state index in [4.69, 9.17) is 15.2 Å². The highest BCUT2D eigenvalue weighted by atomic mass is 32.2. The number of aryl methyl sites for hydroxylation is 1. The SMILES string of the molecule is CCn1nc(NCC(OC)OC)c(S(C)(=O)=O)c1N. The number of nitrogens with zero attached hydrogens (tertiary/aromatic N) is 2. The van der Waals surface area contributed by atoms with Crippen LogP contribution in [-0.2, 0) is 25.9 Å². The first-order valence-corrected chi connectivity index (χ1v) is 7.60. The minimum absolute atomic E-state index is 0.000283. The number of aromatic nitrogens is 2. The van der Waals surface area contributed by atoms with Crippen molar-refractivity contribution in [2.24, 2.45) is 0 Å². The van der Waals surface area contributed by atoms with Gasteiger partial charge in [-0.05, 0) is 6.92 Å². The first kappa shape index (κ1) is 15.7. The summed E-state index contributed by atoms with van der Waals surface area (Å²) in [6.07, 6.45) is 0.593. The fourth-order valence-electron chi connectivity index (χ4n) is 1.62. The van der Waals surface area contributed by atoms with E-state index < -0.39 is 16.1 Å². The van der Waals surface area contributed by atoms with Gasteiger partial charge in [0.1, 0.15) is 5.82 Å². The van der Waals surface area contributed by atoms with Crippen molar-refractivity contribution < 1.29 is 17.9 Å². The van der Waals surface area contributed by atoms with Crippen LogP contribution in [0.2, 0.25) is 0 Å². The fraction of sp³-hybridized carbons (Fsp3) is 0.700. The van der Waals surface area contributed by atoms with Gasteiger partial charge in [0, 0.05) is 27.0 Å². The molecule has 0 bridgehead atoms. The van der Waals surface area contributed by atoms with E-state index in [0.717, 1.165) is 6.26 Å².